The number of thiophene rings is 1. The molecule has 0 atom stereocenters. The van der Waals surface area contributed by atoms with Crippen LogP contribution in [0.15, 0.2) is 70.6 Å². The van der Waals surface area contributed by atoms with Gasteiger partial charge in [-0.2, -0.15) is 0 Å². The van der Waals surface area contributed by atoms with E-state index in [4.69, 9.17) is 16.6 Å². The predicted molar refractivity (Wildman–Crippen MR) is 125 cm³/mol. The van der Waals surface area contributed by atoms with Crippen LogP contribution in [0.1, 0.15) is 11.8 Å². The first-order chi connectivity index (χ1) is 14.5. The zero-order valence-electron chi connectivity index (χ0n) is 16.1. The van der Waals surface area contributed by atoms with Gasteiger partial charge in [-0.3, -0.25) is 14.2 Å². The molecule has 8 heteroatoms. The van der Waals surface area contributed by atoms with Gasteiger partial charge in [0.05, 0.1) is 16.8 Å². The third-order valence-electron chi connectivity index (χ3n) is 4.41. The van der Waals surface area contributed by atoms with Gasteiger partial charge in [0.2, 0.25) is 5.91 Å². The fraction of sp³-hybridized carbons (Fsp3) is 0.136. The highest BCUT2D eigenvalue weighted by atomic mass is 35.5. The smallest absolute Gasteiger partial charge is 0.267 e. The summed E-state index contributed by atoms with van der Waals surface area (Å²) in [5, 5.41) is 4.54. The van der Waals surface area contributed by atoms with E-state index in [1.54, 1.807) is 28.8 Å². The van der Waals surface area contributed by atoms with Gasteiger partial charge in [-0.1, -0.05) is 48.5 Å². The monoisotopic (exact) mass is 455 g/mol. The lowest BCUT2D eigenvalue weighted by Gasteiger charge is -2.12. The van der Waals surface area contributed by atoms with E-state index in [0.29, 0.717) is 26.1 Å². The Morgan fingerprint density at radius 1 is 1.17 bits per heavy atom. The Kier molecular flexibility index (Phi) is 6.22. The summed E-state index contributed by atoms with van der Waals surface area (Å²) in [6.07, 6.45) is 0.845. The number of aromatic nitrogens is 2. The molecule has 2 heterocycles. The van der Waals surface area contributed by atoms with Crippen molar-refractivity contribution in [2.75, 3.05) is 11.1 Å². The molecule has 2 aromatic carbocycles. The zero-order chi connectivity index (χ0) is 21.1. The van der Waals surface area contributed by atoms with E-state index in [1.165, 1.54) is 23.1 Å². The summed E-state index contributed by atoms with van der Waals surface area (Å²) < 4.78 is 1.58. The second kappa shape index (κ2) is 9.04. The lowest BCUT2D eigenvalue weighted by atomic mass is 10.3. The molecule has 0 spiro atoms. The van der Waals surface area contributed by atoms with E-state index >= 15 is 0 Å². The molecule has 4 rings (SSSR count). The molecule has 30 heavy (non-hydrogen) atoms. The number of thioether (sulfide) groups is 1. The van der Waals surface area contributed by atoms with Crippen molar-refractivity contribution in [2.45, 2.75) is 18.5 Å². The Labute approximate surface area is 186 Å². The van der Waals surface area contributed by atoms with Gasteiger partial charge in [0.15, 0.2) is 5.16 Å². The minimum atomic E-state index is -0.184. The van der Waals surface area contributed by atoms with Gasteiger partial charge >= 0.3 is 0 Å². The van der Waals surface area contributed by atoms with E-state index in [2.05, 4.69) is 12.2 Å². The van der Waals surface area contributed by atoms with Crippen molar-refractivity contribution < 1.29 is 4.79 Å². The highest BCUT2D eigenvalue weighted by Gasteiger charge is 2.17. The first-order valence-electron chi connectivity index (χ1n) is 9.34. The van der Waals surface area contributed by atoms with Crippen LogP contribution in [-0.2, 0) is 11.2 Å². The number of hydrogen-bond donors (Lipinski definition) is 1. The summed E-state index contributed by atoms with van der Waals surface area (Å²) in [5.74, 6) is -0.0592. The molecule has 0 radical (unpaired) electrons. The molecule has 2 aromatic heterocycles. The maximum absolute atomic E-state index is 13.2. The van der Waals surface area contributed by atoms with Crippen LogP contribution in [-0.4, -0.2) is 21.2 Å². The molecule has 0 saturated carbocycles. The maximum atomic E-state index is 13.2. The highest BCUT2D eigenvalue weighted by Crippen LogP contribution is 2.27. The Balaban J connectivity index is 1.65. The zero-order valence-corrected chi connectivity index (χ0v) is 18.5. The summed E-state index contributed by atoms with van der Waals surface area (Å²) in [6.45, 7) is 2.05. The third-order valence-corrected chi connectivity index (χ3v) is 6.77. The lowest BCUT2D eigenvalue weighted by Crippen LogP contribution is -2.22. The normalized spacial score (nSPS) is 11.0. The van der Waals surface area contributed by atoms with Crippen LogP contribution in [0, 0.1) is 0 Å². The number of carbonyl (C=O) groups is 1. The van der Waals surface area contributed by atoms with Crippen LogP contribution >= 0.6 is 34.7 Å². The molecule has 0 aliphatic heterocycles. The van der Waals surface area contributed by atoms with E-state index in [1.807, 2.05) is 36.4 Å². The van der Waals surface area contributed by atoms with E-state index < -0.39 is 0 Å². The van der Waals surface area contributed by atoms with Gasteiger partial charge in [0.1, 0.15) is 4.83 Å². The maximum Gasteiger partial charge on any atom is 0.267 e. The first kappa shape index (κ1) is 20.7. The molecule has 0 unspecified atom stereocenters. The number of para-hydroxylation sites is 1. The standard InChI is InChI=1S/C22H18ClN3O2S2/c1-2-17-12-18-20(30-17)25-22(26(21(18)28)16-6-4-3-5-7-16)29-13-19(27)24-15-10-8-14(23)9-11-15/h3-12H,2,13H2,1H3,(H,24,27). The summed E-state index contributed by atoms with van der Waals surface area (Å²) in [4.78, 5) is 32.2. The van der Waals surface area contributed by atoms with Gasteiger partial charge in [-0.05, 0) is 48.9 Å². The molecule has 0 bridgehead atoms. The van der Waals surface area contributed by atoms with Crippen molar-refractivity contribution in [1.29, 1.82) is 0 Å². The molecule has 5 nitrogen and oxygen atoms in total. The predicted octanol–water partition coefficient (Wildman–Crippen LogP) is 5.39. The van der Waals surface area contributed by atoms with Gasteiger partial charge in [-0.25, -0.2) is 4.98 Å². The Bertz CT molecular complexity index is 1250. The van der Waals surface area contributed by atoms with Crippen LogP contribution in [0.5, 0.6) is 0 Å². The van der Waals surface area contributed by atoms with Crippen LogP contribution in [0.25, 0.3) is 15.9 Å². The minimum absolute atomic E-state index is 0.122. The van der Waals surface area contributed by atoms with E-state index in [0.717, 1.165) is 17.0 Å². The number of rotatable bonds is 6. The van der Waals surface area contributed by atoms with Crippen molar-refractivity contribution in [3.63, 3.8) is 0 Å². The number of carbonyl (C=O) groups excluding carboxylic acids is 1. The number of benzene rings is 2. The van der Waals surface area contributed by atoms with Gasteiger partial charge in [-0.15, -0.1) is 11.3 Å². The highest BCUT2D eigenvalue weighted by molar-refractivity contribution is 7.99. The number of halogens is 1. The number of hydrogen-bond acceptors (Lipinski definition) is 5. The number of anilines is 1. The van der Waals surface area contributed by atoms with Crippen LogP contribution < -0.4 is 10.9 Å². The van der Waals surface area contributed by atoms with Crippen molar-refractivity contribution in [1.82, 2.24) is 9.55 Å². The Hall–Kier alpha value is -2.61. The summed E-state index contributed by atoms with van der Waals surface area (Å²) in [5.41, 5.74) is 1.27. The third kappa shape index (κ3) is 4.43. The molecule has 1 N–H and O–H groups in total. The first-order valence-corrected chi connectivity index (χ1v) is 11.5. The lowest BCUT2D eigenvalue weighted by molar-refractivity contribution is -0.113. The number of aryl methyl sites for hydroxylation is 1. The molecule has 152 valence electrons. The Morgan fingerprint density at radius 3 is 2.60 bits per heavy atom. The average molecular weight is 456 g/mol. The van der Waals surface area contributed by atoms with Crippen LogP contribution in [0.2, 0.25) is 5.02 Å². The van der Waals surface area contributed by atoms with E-state index in [-0.39, 0.29) is 17.2 Å². The fourth-order valence-corrected chi connectivity index (χ4v) is 4.90. The van der Waals surface area contributed by atoms with Crippen molar-refractivity contribution >= 4 is 56.5 Å². The number of amides is 1. The van der Waals surface area contributed by atoms with E-state index in [9.17, 15) is 9.59 Å². The van der Waals surface area contributed by atoms with Crippen molar-refractivity contribution in [3.05, 3.63) is 80.9 Å². The molecule has 1 amide bonds. The second-order valence-electron chi connectivity index (χ2n) is 6.50. The number of nitrogens with zero attached hydrogens (tertiary/aromatic N) is 2. The SMILES string of the molecule is CCc1cc2c(=O)n(-c3ccccc3)c(SCC(=O)Nc3ccc(Cl)cc3)nc2s1. The van der Waals surface area contributed by atoms with Gasteiger partial charge in [0.25, 0.3) is 5.56 Å². The summed E-state index contributed by atoms with van der Waals surface area (Å²) in [6, 6.07) is 18.2. The fourth-order valence-electron chi connectivity index (χ4n) is 2.95. The van der Waals surface area contributed by atoms with Crippen molar-refractivity contribution in [3.8, 4) is 5.69 Å². The molecule has 0 aliphatic carbocycles. The molecule has 0 aliphatic rings. The van der Waals surface area contributed by atoms with Gasteiger partial charge < -0.3 is 5.32 Å². The summed E-state index contributed by atoms with van der Waals surface area (Å²) in [7, 11) is 0. The largest absolute Gasteiger partial charge is 0.325 e. The quantitative estimate of drug-likeness (QED) is 0.312. The number of nitrogens with one attached hydrogen (secondary N) is 1. The second-order valence-corrected chi connectivity index (χ2v) is 8.99. The number of fused-ring (bicyclic) bond motifs is 1. The molecular weight excluding hydrogens is 438 g/mol. The topological polar surface area (TPSA) is 64.0 Å². The Morgan fingerprint density at radius 2 is 1.90 bits per heavy atom. The van der Waals surface area contributed by atoms with Gasteiger partial charge in [0, 0.05) is 15.6 Å². The molecule has 0 saturated heterocycles. The van der Waals surface area contributed by atoms with Crippen LogP contribution in [0.4, 0.5) is 5.69 Å². The van der Waals surface area contributed by atoms with Crippen molar-refractivity contribution in [2.24, 2.45) is 0 Å². The molecular formula is C22H18ClN3O2S2. The molecule has 0 fully saturated rings. The van der Waals surface area contributed by atoms with Crippen LogP contribution in [0.3, 0.4) is 0 Å². The molecule has 4 aromatic rings. The summed E-state index contributed by atoms with van der Waals surface area (Å²) >= 11 is 8.64. The average Bonchev–Trinajstić information content (AvgIpc) is 3.18. The minimum Gasteiger partial charge on any atom is -0.325 e.